The maximum atomic E-state index is 12.4. The molecule has 1 aliphatic heterocycles. The van der Waals surface area contributed by atoms with Gasteiger partial charge in [-0.15, -0.1) is 0 Å². The zero-order chi connectivity index (χ0) is 14.4. The molecule has 2 rings (SSSR count). The van der Waals surface area contributed by atoms with Gasteiger partial charge in [-0.25, -0.2) is 0 Å². The van der Waals surface area contributed by atoms with E-state index in [9.17, 15) is 9.90 Å². The van der Waals surface area contributed by atoms with Gasteiger partial charge in [-0.1, -0.05) is 25.7 Å². The van der Waals surface area contributed by atoms with Crippen molar-refractivity contribution < 1.29 is 9.90 Å². The third kappa shape index (κ3) is 4.19. The molecule has 1 heterocycles. The molecule has 0 aromatic rings. The zero-order valence-corrected chi connectivity index (χ0v) is 12.8. The minimum Gasteiger partial charge on any atom is -0.396 e. The van der Waals surface area contributed by atoms with Crippen molar-refractivity contribution in [2.75, 3.05) is 19.7 Å². The van der Waals surface area contributed by atoms with E-state index in [0.29, 0.717) is 0 Å². The van der Waals surface area contributed by atoms with Gasteiger partial charge in [0.15, 0.2) is 0 Å². The van der Waals surface area contributed by atoms with Gasteiger partial charge in [0.2, 0.25) is 5.91 Å². The Morgan fingerprint density at radius 1 is 1.15 bits per heavy atom. The van der Waals surface area contributed by atoms with Crippen molar-refractivity contribution in [1.29, 1.82) is 0 Å². The van der Waals surface area contributed by atoms with Crippen LogP contribution in [0.15, 0.2) is 0 Å². The molecule has 1 saturated heterocycles. The topological polar surface area (TPSA) is 52.6 Å². The first-order valence-electron chi connectivity index (χ1n) is 8.37. The second-order valence-corrected chi connectivity index (χ2v) is 6.47. The smallest absolute Gasteiger partial charge is 0.237 e. The van der Waals surface area contributed by atoms with Crippen molar-refractivity contribution in [2.24, 2.45) is 5.92 Å². The van der Waals surface area contributed by atoms with Crippen molar-refractivity contribution in [3.05, 3.63) is 0 Å². The summed E-state index contributed by atoms with van der Waals surface area (Å²) in [6, 6.07) is 0.144. The van der Waals surface area contributed by atoms with Crippen LogP contribution < -0.4 is 5.32 Å². The number of carbonyl (C=O) groups is 1. The quantitative estimate of drug-likeness (QED) is 0.828. The molecule has 2 aliphatic rings. The molecule has 1 amide bonds. The average Bonchev–Trinajstić information content (AvgIpc) is 2.76. The lowest BCUT2D eigenvalue weighted by molar-refractivity contribution is -0.127. The summed E-state index contributed by atoms with van der Waals surface area (Å²) < 4.78 is 0. The Balaban J connectivity index is 1.85. The normalized spacial score (nSPS) is 30.5. The van der Waals surface area contributed by atoms with E-state index in [4.69, 9.17) is 0 Å². The van der Waals surface area contributed by atoms with Gasteiger partial charge in [-0.2, -0.15) is 0 Å². The summed E-state index contributed by atoms with van der Waals surface area (Å²) in [5.41, 5.74) is 0. The SMILES string of the molecule is CC(C(=O)NC1CCCCC1CO)N1CCCCCC1. The number of aliphatic hydroxyl groups is 1. The fourth-order valence-electron chi connectivity index (χ4n) is 3.57. The number of nitrogens with one attached hydrogen (secondary N) is 1. The number of rotatable bonds is 4. The van der Waals surface area contributed by atoms with Crippen LogP contribution in [0.5, 0.6) is 0 Å². The van der Waals surface area contributed by atoms with Crippen LogP contribution >= 0.6 is 0 Å². The molecular weight excluding hydrogens is 252 g/mol. The van der Waals surface area contributed by atoms with E-state index < -0.39 is 0 Å². The van der Waals surface area contributed by atoms with E-state index in [1.807, 2.05) is 6.92 Å². The van der Waals surface area contributed by atoms with E-state index in [1.165, 1.54) is 38.5 Å². The molecule has 1 aliphatic carbocycles. The summed E-state index contributed by atoms with van der Waals surface area (Å²) in [6.45, 7) is 4.31. The third-order valence-electron chi connectivity index (χ3n) is 5.04. The Morgan fingerprint density at radius 2 is 1.80 bits per heavy atom. The fraction of sp³-hybridized carbons (Fsp3) is 0.938. The first kappa shape index (κ1) is 15.8. The average molecular weight is 282 g/mol. The van der Waals surface area contributed by atoms with Crippen LogP contribution in [0.25, 0.3) is 0 Å². The molecule has 0 radical (unpaired) electrons. The summed E-state index contributed by atoms with van der Waals surface area (Å²) >= 11 is 0. The minimum atomic E-state index is -0.0330. The van der Waals surface area contributed by atoms with Crippen molar-refractivity contribution >= 4 is 5.91 Å². The number of carbonyl (C=O) groups excluding carboxylic acids is 1. The van der Waals surface area contributed by atoms with Crippen molar-refractivity contribution in [1.82, 2.24) is 10.2 Å². The van der Waals surface area contributed by atoms with Gasteiger partial charge in [0.25, 0.3) is 0 Å². The molecule has 3 atom stereocenters. The van der Waals surface area contributed by atoms with Gasteiger partial charge in [0.05, 0.1) is 6.04 Å². The van der Waals surface area contributed by atoms with Crippen molar-refractivity contribution in [3.8, 4) is 0 Å². The predicted octanol–water partition coefficient (Wildman–Crippen LogP) is 1.92. The lowest BCUT2D eigenvalue weighted by atomic mass is 9.85. The molecule has 20 heavy (non-hydrogen) atoms. The predicted molar refractivity (Wildman–Crippen MR) is 80.5 cm³/mol. The maximum Gasteiger partial charge on any atom is 0.237 e. The molecule has 116 valence electrons. The Kier molecular flexibility index (Phi) is 6.30. The van der Waals surface area contributed by atoms with Gasteiger partial charge in [-0.3, -0.25) is 9.69 Å². The van der Waals surface area contributed by atoms with Gasteiger partial charge >= 0.3 is 0 Å². The fourth-order valence-corrected chi connectivity index (χ4v) is 3.57. The first-order chi connectivity index (χ1) is 9.72. The van der Waals surface area contributed by atoms with Crippen LogP contribution in [0.2, 0.25) is 0 Å². The summed E-state index contributed by atoms with van der Waals surface area (Å²) in [7, 11) is 0. The Bertz CT molecular complexity index is 301. The van der Waals surface area contributed by atoms with E-state index in [2.05, 4.69) is 10.2 Å². The maximum absolute atomic E-state index is 12.4. The molecule has 4 nitrogen and oxygen atoms in total. The molecule has 0 aromatic heterocycles. The van der Waals surface area contributed by atoms with Crippen LogP contribution in [0.4, 0.5) is 0 Å². The first-order valence-corrected chi connectivity index (χ1v) is 8.37. The van der Waals surface area contributed by atoms with Gasteiger partial charge in [0, 0.05) is 18.6 Å². The van der Waals surface area contributed by atoms with Crippen LogP contribution in [0.3, 0.4) is 0 Å². The van der Waals surface area contributed by atoms with Gasteiger partial charge in [0.1, 0.15) is 0 Å². The molecule has 2 fully saturated rings. The molecule has 0 bridgehead atoms. The summed E-state index contributed by atoms with van der Waals surface area (Å²) in [4.78, 5) is 14.8. The molecule has 4 heteroatoms. The number of nitrogens with zero attached hydrogens (tertiary/aromatic N) is 1. The number of amides is 1. The lowest BCUT2D eigenvalue weighted by Gasteiger charge is -2.33. The van der Waals surface area contributed by atoms with Crippen LogP contribution in [0, 0.1) is 5.92 Å². The van der Waals surface area contributed by atoms with Gasteiger partial charge < -0.3 is 10.4 Å². The van der Waals surface area contributed by atoms with Crippen LogP contribution in [0.1, 0.15) is 58.3 Å². The molecule has 1 saturated carbocycles. The molecular formula is C16H30N2O2. The third-order valence-corrected chi connectivity index (χ3v) is 5.04. The standard InChI is InChI=1S/C16H30N2O2/c1-13(18-10-6-2-3-7-11-18)16(20)17-15-9-5-4-8-14(15)12-19/h13-15,19H,2-12H2,1H3,(H,17,20). The molecule has 2 N–H and O–H groups in total. The minimum absolute atomic E-state index is 0.0330. The van der Waals surface area contributed by atoms with Crippen LogP contribution in [-0.2, 0) is 4.79 Å². The second kappa shape index (κ2) is 7.99. The lowest BCUT2D eigenvalue weighted by Crippen LogP contribution is -2.51. The summed E-state index contributed by atoms with van der Waals surface area (Å²) in [5, 5.41) is 12.6. The monoisotopic (exact) mass is 282 g/mol. The van der Waals surface area contributed by atoms with Crippen molar-refractivity contribution in [2.45, 2.75) is 70.4 Å². The highest BCUT2D eigenvalue weighted by molar-refractivity contribution is 5.81. The molecule has 0 aromatic carbocycles. The number of likely N-dealkylation sites (tertiary alicyclic amines) is 1. The Hall–Kier alpha value is -0.610. The summed E-state index contributed by atoms with van der Waals surface area (Å²) in [6.07, 6.45) is 9.41. The highest BCUT2D eigenvalue weighted by Crippen LogP contribution is 2.24. The second-order valence-electron chi connectivity index (χ2n) is 6.47. The van der Waals surface area contributed by atoms with E-state index in [-0.39, 0.29) is 30.5 Å². The number of hydrogen-bond acceptors (Lipinski definition) is 3. The Morgan fingerprint density at radius 3 is 2.45 bits per heavy atom. The highest BCUT2D eigenvalue weighted by Gasteiger charge is 2.29. The van der Waals surface area contributed by atoms with Gasteiger partial charge in [-0.05, 0) is 45.7 Å². The van der Waals surface area contributed by atoms with Crippen LogP contribution in [-0.4, -0.2) is 47.7 Å². The number of aliphatic hydroxyl groups excluding tert-OH is 1. The molecule has 0 spiro atoms. The van der Waals surface area contributed by atoms with E-state index in [0.717, 1.165) is 25.9 Å². The highest BCUT2D eigenvalue weighted by atomic mass is 16.3. The summed E-state index contributed by atoms with van der Waals surface area (Å²) in [5.74, 6) is 0.404. The zero-order valence-electron chi connectivity index (χ0n) is 12.8. The van der Waals surface area contributed by atoms with E-state index >= 15 is 0 Å². The molecule has 3 unspecified atom stereocenters. The number of hydrogen-bond donors (Lipinski definition) is 2. The van der Waals surface area contributed by atoms with Crippen molar-refractivity contribution in [3.63, 3.8) is 0 Å². The van der Waals surface area contributed by atoms with E-state index in [1.54, 1.807) is 0 Å². The Labute approximate surface area is 122 Å². The largest absolute Gasteiger partial charge is 0.396 e.